The molecule has 35 heavy (non-hydrogen) atoms. The summed E-state index contributed by atoms with van der Waals surface area (Å²) in [5.41, 5.74) is 6.79. The third-order valence-electron chi connectivity index (χ3n) is 6.08. The van der Waals surface area contributed by atoms with Gasteiger partial charge in [0.1, 0.15) is 0 Å². The van der Waals surface area contributed by atoms with Crippen LogP contribution in [-0.2, 0) is 6.42 Å². The van der Waals surface area contributed by atoms with Crippen molar-refractivity contribution in [1.82, 2.24) is 9.88 Å². The molecule has 0 spiro atoms. The van der Waals surface area contributed by atoms with E-state index in [2.05, 4.69) is 113 Å². The number of terminal acetylenes is 1. The van der Waals surface area contributed by atoms with Gasteiger partial charge in [-0.1, -0.05) is 83.7 Å². The van der Waals surface area contributed by atoms with Crippen molar-refractivity contribution in [3.63, 3.8) is 0 Å². The Morgan fingerprint density at radius 2 is 1.74 bits per heavy atom. The molecule has 1 aliphatic heterocycles. The zero-order chi connectivity index (χ0) is 26.3. The number of nitrogens with zero attached hydrogens (tertiary/aromatic N) is 2. The summed E-state index contributed by atoms with van der Waals surface area (Å²) >= 11 is 0. The maximum absolute atomic E-state index is 4.78. The predicted octanol–water partition coefficient (Wildman–Crippen LogP) is 8.57. The second-order valence-corrected chi connectivity index (χ2v) is 10.4. The fraction of sp³-hybridized carbons (Fsp3) is 0.485. The molecule has 0 bridgehead atoms. The van der Waals surface area contributed by atoms with Crippen molar-refractivity contribution in [3.05, 3.63) is 77.1 Å². The third-order valence-corrected chi connectivity index (χ3v) is 6.08. The largest absolute Gasteiger partial charge is 0.303 e. The van der Waals surface area contributed by atoms with Crippen LogP contribution in [0.3, 0.4) is 0 Å². The van der Waals surface area contributed by atoms with Gasteiger partial charge in [0.25, 0.3) is 0 Å². The fourth-order valence-corrected chi connectivity index (χ4v) is 4.12. The number of allylic oxidation sites excluding steroid dienone is 1. The van der Waals surface area contributed by atoms with Crippen LogP contribution >= 0.6 is 0 Å². The van der Waals surface area contributed by atoms with Gasteiger partial charge in [0.2, 0.25) is 0 Å². The van der Waals surface area contributed by atoms with E-state index in [1.165, 1.54) is 54.7 Å². The number of aromatic nitrogens is 1. The van der Waals surface area contributed by atoms with Crippen LogP contribution < -0.4 is 0 Å². The molecule has 2 heteroatoms. The van der Waals surface area contributed by atoms with Crippen LogP contribution in [0, 0.1) is 24.7 Å². The van der Waals surface area contributed by atoms with Gasteiger partial charge in [0.05, 0.1) is 0 Å². The van der Waals surface area contributed by atoms with E-state index in [1.54, 1.807) is 0 Å². The van der Waals surface area contributed by atoms with Gasteiger partial charge in [-0.25, -0.2) is 0 Å². The first-order valence-corrected chi connectivity index (χ1v) is 13.1. The van der Waals surface area contributed by atoms with Gasteiger partial charge < -0.3 is 4.90 Å². The van der Waals surface area contributed by atoms with Gasteiger partial charge in [0.15, 0.2) is 0 Å². The zero-order valence-corrected chi connectivity index (χ0v) is 23.4. The Morgan fingerprint density at radius 3 is 2.20 bits per heavy atom. The first-order valence-electron chi connectivity index (χ1n) is 13.1. The molecule has 0 saturated carbocycles. The first-order chi connectivity index (χ1) is 16.7. The van der Waals surface area contributed by atoms with Crippen molar-refractivity contribution >= 4 is 12.2 Å². The molecule has 2 aromatic rings. The summed E-state index contributed by atoms with van der Waals surface area (Å²) in [4.78, 5) is 7.20. The standard InChI is InChI=1S/C19H30N2.C10H12.C4H6/c1-6-7-17-12-18(13-20-15(17)2)16-8-10-21(11-9-16)14-19(3,4)5;1-3-9-5-7-10(4-2)8-6-9;1-3-4-2/h6-7,12-13,16H,8-11,14H2,1-5H3;3,5-8H,1,4H2,2H3;1H,4H2,2H3/b7-6-;;. The van der Waals surface area contributed by atoms with E-state index in [1.807, 2.05) is 13.0 Å². The Bertz CT molecular complexity index is 931. The van der Waals surface area contributed by atoms with Gasteiger partial charge in [-0.2, -0.15) is 0 Å². The van der Waals surface area contributed by atoms with Crippen LogP contribution in [-0.4, -0.2) is 29.5 Å². The van der Waals surface area contributed by atoms with Gasteiger partial charge >= 0.3 is 0 Å². The summed E-state index contributed by atoms with van der Waals surface area (Å²) in [5, 5.41) is 0. The summed E-state index contributed by atoms with van der Waals surface area (Å²) in [7, 11) is 0. The molecule has 0 N–H and O–H groups in total. The van der Waals surface area contributed by atoms with E-state index in [9.17, 15) is 0 Å². The molecule has 1 aliphatic rings. The maximum Gasteiger partial charge on any atom is 0.0445 e. The highest BCUT2D eigenvalue weighted by Crippen LogP contribution is 2.30. The number of rotatable bonds is 5. The highest BCUT2D eigenvalue weighted by atomic mass is 15.1. The van der Waals surface area contributed by atoms with E-state index >= 15 is 0 Å². The molecule has 1 aromatic carbocycles. The van der Waals surface area contributed by atoms with Crippen LogP contribution in [0.1, 0.15) is 94.7 Å². The van der Waals surface area contributed by atoms with Gasteiger partial charge in [-0.3, -0.25) is 4.98 Å². The Kier molecular flexibility index (Phi) is 14.0. The number of benzene rings is 1. The highest BCUT2D eigenvalue weighted by molar-refractivity contribution is 5.52. The molecular formula is C33H48N2. The lowest BCUT2D eigenvalue weighted by Gasteiger charge is -2.36. The smallest absolute Gasteiger partial charge is 0.0445 e. The van der Waals surface area contributed by atoms with Gasteiger partial charge in [0, 0.05) is 24.9 Å². The zero-order valence-electron chi connectivity index (χ0n) is 23.4. The van der Waals surface area contributed by atoms with Crippen LogP contribution in [0.25, 0.3) is 12.2 Å². The second-order valence-electron chi connectivity index (χ2n) is 10.4. The van der Waals surface area contributed by atoms with Crippen molar-refractivity contribution in [2.24, 2.45) is 5.41 Å². The lowest BCUT2D eigenvalue weighted by molar-refractivity contribution is 0.154. The molecule has 2 heterocycles. The number of likely N-dealkylation sites (tertiary alicyclic amines) is 1. The van der Waals surface area contributed by atoms with Crippen molar-refractivity contribution in [2.45, 2.75) is 80.1 Å². The monoisotopic (exact) mass is 472 g/mol. The van der Waals surface area contributed by atoms with Crippen LogP contribution in [0.2, 0.25) is 0 Å². The number of hydrogen-bond acceptors (Lipinski definition) is 2. The molecular weight excluding hydrogens is 424 g/mol. The van der Waals surface area contributed by atoms with Crippen molar-refractivity contribution in [3.8, 4) is 12.3 Å². The summed E-state index contributed by atoms with van der Waals surface area (Å²) in [6.45, 7) is 22.6. The summed E-state index contributed by atoms with van der Waals surface area (Å²) in [6, 6.07) is 10.8. The third kappa shape index (κ3) is 12.1. The SMILES string of the molecule is C#CCC.C/C=C\c1cc(C2CCN(CC(C)(C)C)CC2)cnc1C.C=Cc1ccc(CC)cc1. The lowest BCUT2D eigenvalue weighted by atomic mass is 9.88. The number of piperidine rings is 1. The number of hydrogen-bond donors (Lipinski definition) is 0. The predicted molar refractivity (Wildman–Crippen MR) is 157 cm³/mol. The minimum Gasteiger partial charge on any atom is -0.303 e. The molecule has 0 radical (unpaired) electrons. The highest BCUT2D eigenvalue weighted by Gasteiger charge is 2.24. The van der Waals surface area contributed by atoms with E-state index in [0.717, 1.165) is 18.5 Å². The van der Waals surface area contributed by atoms with Crippen LogP contribution in [0.4, 0.5) is 0 Å². The fourth-order valence-electron chi connectivity index (χ4n) is 4.12. The molecule has 1 saturated heterocycles. The minimum absolute atomic E-state index is 0.400. The molecule has 190 valence electrons. The molecule has 2 nitrogen and oxygen atoms in total. The first kappa shape index (κ1) is 30.4. The minimum atomic E-state index is 0.400. The van der Waals surface area contributed by atoms with Gasteiger partial charge in [-0.05, 0) is 85.9 Å². The van der Waals surface area contributed by atoms with E-state index in [-0.39, 0.29) is 0 Å². The van der Waals surface area contributed by atoms with E-state index in [0.29, 0.717) is 11.3 Å². The molecule has 3 rings (SSSR count). The number of pyridine rings is 1. The normalized spacial score (nSPS) is 14.3. The molecule has 0 atom stereocenters. The van der Waals surface area contributed by atoms with E-state index < -0.39 is 0 Å². The van der Waals surface area contributed by atoms with Gasteiger partial charge in [-0.15, -0.1) is 12.3 Å². The summed E-state index contributed by atoms with van der Waals surface area (Å²) < 4.78 is 0. The van der Waals surface area contributed by atoms with Crippen molar-refractivity contribution in [1.29, 1.82) is 0 Å². The molecule has 0 aliphatic carbocycles. The summed E-state index contributed by atoms with van der Waals surface area (Å²) in [5.74, 6) is 3.11. The second kappa shape index (κ2) is 16.1. The molecule has 0 amide bonds. The molecule has 1 aromatic heterocycles. The summed E-state index contributed by atoms with van der Waals surface area (Å²) in [6.07, 6.45) is 17.5. The lowest BCUT2D eigenvalue weighted by Crippen LogP contribution is -2.38. The maximum atomic E-state index is 4.78. The number of aryl methyl sites for hydroxylation is 2. The quantitative estimate of drug-likeness (QED) is 0.405. The van der Waals surface area contributed by atoms with Crippen LogP contribution in [0.5, 0.6) is 0 Å². The Hall–Kier alpha value is -2.63. The molecule has 1 fully saturated rings. The average molecular weight is 473 g/mol. The van der Waals surface area contributed by atoms with Crippen molar-refractivity contribution in [2.75, 3.05) is 19.6 Å². The van der Waals surface area contributed by atoms with E-state index in [4.69, 9.17) is 6.42 Å². The van der Waals surface area contributed by atoms with Crippen LogP contribution in [0.15, 0.2) is 49.2 Å². The topological polar surface area (TPSA) is 16.1 Å². The Morgan fingerprint density at radius 1 is 1.14 bits per heavy atom. The van der Waals surface area contributed by atoms with Crippen molar-refractivity contribution < 1.29 is 0 Å². The Labute approximate surface area is 216 Å². The Balaban J connectivity index is 0.000000362. The molecule has 0 unspecified atom stereocenters. The average Bonchev–Trinajstić information content (AvgIpc) is 2.85.